The van der Waals surface area contributed by atoms with Crippen LogP contribution in [0.3, 0.4) is 0 Å². The Kier molecular flexibility index (Phi) is 10.7. The Labute approximate surface area is 100 Å². The summed E-state index contributed by atoms with van der Waals surface area (Å²) in [6.45, 7) is 5.50. The van der Waals surface area contributed by atoms with Crippen molar-refractivity contribution >= 4 is 25.3 Å². The summed E-state index contributed by atoms with van der Waals surface area (Å²) in [5, 5.41) is 3.98. The van der Waals surface area contributed by atoms with E-state index in [-0.39, 0.29) is 0 Å². The zero-order chi connectivity index (χ0) is 10.8. The highest BCUT2D eigenvalue weighted by atomic mass is 32.1. The van der Waals surface area contributed by atoms with Gasteiger partial charge in [0.1, 0.15) is 0 Å². The van der Waals surface area contributed by atoms with Crippen molar-refractivity contribution in [2.24, 2.45) is 0 Å². The van der Waals surface area contributed by atoms with Crippen LogP contribution < -0.4 is 5.32 Å². The van der Waals surface area contributed by atoms with Crippen LogP contribution in [-0.2, 0) is 0 Å². The molecule has 0 bridgehead atoms. The summed E-state index contributed by atoms with van der Waals surface area (Å²) < 4.78 is 0. The molecule has 1 N–H and O–H groups in total. The Balaban J connectivity index is 3.19. The molecule has 0 aliphatic carbocycles. The van der Waals surface area contributed by atoms with Gasteiger partial charge in [-0.25, -0.2) is 0 Å². The lowest BCUT2D eigenvalue weighted by Crippen LogP contribution is -2.25. The van der Waals surface area contributed by atoms with Gasteiger partial charge in [0, 0.05) is 11.3 Å². The maximum absolute atomic E-state index is 4.51. The fourth-order valence-corrected chi connectivity index (χ4v) is 2.40. The van der Waals surface area contributed by atoms with Gasteiger partial charge in [0.05, 0.1) is 0 Å². The second-order valence-electron chi connectivity index (χ2n) is 3.91. The van der Waals surface area contributed by atoms with Crippen molar-refractivity contribution in [2.75, 3.05) is 12.3 Å². The molecule has 0 saturated heterocycles. The van der Waals surface area contributed by atoms with E-state index >= 15 is 0 Å². The minimum absolute atomic E-state index is 0.557. The van der Waals surface area contributed by atoms with Crippen molar-refractivity contribution in [1.82, 2.24) is 5.32 Å². The fourth-order valence-electron chi connectivity index (χ4n) is 1.57. The van der Waals surface area contributed by atoms with E-state index in [2.05, 4.69) is 44.4 Å². The lowest BCUT2D eigenvalue weighted by Gasteiger charge is -2.13. The first-order valence-corrected chi connectivity index (χ1v) is 6.87. The third-order valence-corrected chi connectivity index (χ3v) is 3.21. The molecule has 3 heteroatoms. The molecule has 0 heterocycles. The summed E-state index contributed by atoms with van der Waals surface area (Å²) in [5.41, 5.74) is 0. The van der Waals surface area contributed by atoms with Gasteiger partial charge in [-0.2, -0.15) is 25.3 Å². The van der Waals surface area contributed by atoms with E-state index in [1.54, 1.807) is 0 Å². The third-order valence-electron chi connectivity index (χ3n) is 2.44. The van der Waals surface area contributed by atoms with Gasteiger partial charge < -0.3 is 5.32 Å². The van der Waals surface area contributed by atoms with Gasteiger partial charge in [-0.05, 0) is 38.5 Å². The number of hydrogen-bond acceptors (Lipinski definition) is 3. The molecule has 1 nitrogen and oxygen atoms in total. The van der Waals surface area contributed by atoms with Gasteiger partial charge in [-0.3, -0.25) is 0 Å². The molecule has 0 aromatic carbocycles. The van der Waals surface area contributed by atoms with E-state index in [0.717, 1.165) is 18.7 Å². The van der Waals surface area contributed by atoms with Crippen LogP contribution in [-0.4, -0.2) is 23.6 Å². The topological polar surface area (TPSA) is 12.0 Å². The largest absolute Gasteiger partial charge is 0.315 e. The molecule has 0 aliphatic heterocycles. The Morgan fingerprint density at radius 3 is 2.36 bits per heavy atom. The molecule has 0 aromatic heterocycles. The Morgan fingerprint density at radius 1 is 1.14 bits per heavy atom. The highest BCUT2D eigenvalue weighted by Gasteiger charge is 2.03. The highest BCUT2D eigenvalue weighted by Crippen LogP contribution is 2.13. The molecule has 0 rings (SSSR count). The third kappa shape index (κ3) is 9.22. The molecule has 86 valence electrons. The second-order valence-corrected chi connectivity index (χ2v) is 5.09. The molecule has 0 saturated carbocycles. The lowest BCUT2D eigenvalue weighted by molar-refractivity contribution is 0.493. The van der Waals surface area contributed by atoms with Crippen LogP contribution in [0.15, 0.2) is 0 Å². The van der Waals surface area contributed by atoms with Crippen molar-refractivity contribution in [3.05, 3.63) is 0 Å². The summed E-state index contributed by atoms with van der Waals surface area (Å²) in [6.07, 6.45) is 6.28. The highest BCUT2D eigenvalue weighted by molar-refractivity contribution is 7.81. The SMILES string of the molecule is CCNC(C)CCCCC(S)CCS. The first-order chi connectivity index (χ1) is 6.70. The number of unbranched alkanes of at least 4 members (excludes halogenated alkanes) is 1. The van der Waals surface area contributed by atoms with Gasteiger partial charge in [-0.1, -0.05) is 19.8 Å². The number of hydrogen-bond donors (Lipinski definition) is 3. The molecule has 0 aliphatic rings. The zero-order valence-electron chi connectivity index (χ0n) is 9.50. The minimum Gasteiger partial charge on any atom is -0.315 e. The first kappa shape index (κ1) is 14.7. The molecule has 2 atom stereocenters. The molecule has 0 spiro atoms. The Bertz CT molecular complexity index is 106. The normalized spacial score (nSPS) is 15.4. The van der Waals surface area contributed by atoms with Crippen LogP contribution in [0.1, 0.15) is 46.0 Å². The fraction of sp³-hybridized carbons (Fsp3) is 1.00. The van der Waals surface area contributed by atoms with Gasteiger partial charge in [0.25, 0.3) is 0 Å². The average molecular weight is 235 g/mol. The summed E-state index contributed by atoms with van der Waals surface area (Å²) in [5.74, 6) is 0.960. The second kappa shape index (κ2) is 10.2. The van der Waals surface area contributed by atoms with E-state index in [0.29, 0.717) is 11.3 Å². The van der Waals surface area contributed by atoms with E-state index < -0.39 is 0 Å². The Morgan fingerprint density at radius 2 is 1.79 bits per heavy atom. The maximum atomic E-state index is 4.51. The Hall–Kier alpha value is 0.660. The van der Waals surface area contributed by atoms with Crippen LogP contribution in [0.4, 0.5) is 0 Å². The molecular weight excluding hydrogens is 210 g/mol. The van der Waals surface area contributed by atoms with Gasteiger partial charge >= 0.3 is 0 Å². The summed E-state index contributed by atoms with van der Waals surface area (Å²) >= 11 is 8.72. The molecule has 0 amide bonds. The summed E-state index contributed by atoms with van der Waals surface area (Å²) in [7, 11) is 0. The predicted molar refractivity (Wildman–Crippen MR) is 72.9 cm³/mol. The van der Waals surface area contributed by atoms with Crippen molar-refractivity contribution in [1.29, 1.82) is 0 Å². The lowest BCUT2D eigenvalue weighted by atomic mass is 10.1. The van der Waals surface area contributed by atoms with E-state index in [1.165, 1.54) is 25.7 Å². The quantitative estimate of drug-likeness (QED) is 0.412. The predicted octanol–water partition coefficient (Wildman–Crippen LogP) is 3.16. The molecule has 0 fully saturated rings. The number of nitrogens with one attached hydrogen (secondary N) is 1. The standard InChI is InChI=1S/C11H25NS2/c1-3-12-10(2)6-4-5-7-11(14)8-9-13/h10-14H,3-9H2,1-2H3. The van der Waals surface area contributed by atoms with E-state index in [1.807, 2.05) is 0 Å². The average Bonchev–Trinajstić information content (AvgIpc) is 2.13. The molecule has 14 heavy (non-hydrogen) atoms. The molecular formula is C11H25NS2. The maximum Gasteiger partial charge on any atom is 0.00386 e. The van der Waals surface area contributed by atoms with Crippen molar-refractivity contribution in [2.45, 2.75) is 57.2 Å². The van der Waals surface area contributed by atoms with Crippen molar-refractivity contribution in [3.8, 4) is 0 Å². The minimum atomic E-state index is 0.557. The molecule has 0 radical (unpaired) electrons. The van der Waals surface area contributed by atoms with E-state index in [4.69, 9.17) is 0 Å². The van der Waals surface area contributed by atoms with E-state index in [9.17, 15) is 0 Å². The monoisotopic (exact) mass is 235 g/mol. The number of rotatable bonds is 9. The van der Waals surface area contributed by atoms with Gasteiger partial charge in [0.15, 0.2) is 0 Å². The van der Waals surface area contributed by atoms with Crippen molar-refractivity contribution < 1.29 is 0 Å². The van der Waals surface area contributed by atoms with Crippen LogP contribution in [0.2, 0.25) is 0 Å². The van der Waals surface area contributed by atoms with Gasteiger partial charge in [0.2, 0.25) is 0 Å². The van der Waals surface area contributed by atoms with Crippen molar-refractivity contribution in [3.63, 3.8) is 0 Å². The van der Waals surface area contributed by atoms with Gasteiger partial charge in [-0.15, -0.1) is 0 Å². The van der Waals surface area contributed by atoms with Crippen LogP contribution in [0, 0.1) is 0 Å². The van der Waals surface area contributed by atoms with Crippen LogP contribution >= 0.6 is 25.3 Å². The molecule has 0 aromatic rings. The summed E-state index contributed by atoms with van der Waals surface area (Å²) in [6, 6.07) is 0.670. The smallest absolute Gasteiger partial charge is 0.00386 e. The number of thiol groups is 2. The first-order valence-electron chi connectivity index (χ1n) is 5.73. The molecule has 2 unspecified atom stereocenters. The summed E-state index contributed by atoms with van der Waals surface area (Å²) in [4.78, 5) is 0. The van der Waals surface area contributed by atoms with Crippen LogP contribution in [0.25, 0.3) is 0 Å². The zero-order valence-corrected chi connectivity index (χ0v) is 11.3. The van der Waals surface area contributed by atoms with Crippen LogP contribution in [0.5, 0.6) is 0 Å².